The van der Waals surface area contributed by atoms with E-state index in [4.69, 9.17) is 4.74 Å². The van der Waals surface area contributed by atoms with Crippen LogP contribution in [0.4, 0.5) is 5.13 Å². The standard InChI is InChI=1S/C16H21N5O2S/c1-10-6-14-13(20-15(23-3)8-17-14)4-5-21(10)9-12-7-18-16(24-12)19-11(2)22/h7-8,10H,4-6,9H2,1-3H3,(H,18,19,22). The van der Waals surface area contributed by atoms with Crippen molar-refractivity contribution in [3.05, 3.63) is 28.7 Å². The van der Waals surface area contributed by atoms with Gasteiger partial charge in [0.05, 0.1) is 24.7 Å². The Morgan fingerprint density at radius 1 is 1.42 bits per heavy atom. The number of fused-ring (bicyclic) bond motifs is 1. The predicted molar refractivity (Wildman–Crippen MR) is 92.3 cm³/mol. The Morgan fingerprint density at radius 3 is 3.00 bits per heavy atom. The van der Waals surface area contributed by atoms with Crippen molar-refractivity contribution in [2.24, 2.45) is 0 Å². The van der Waals surface area contributed by atoms with Crippen LogP contribution in [0.15, 0.2) is 12.4 Å². The van der Waals surface area contributed by atoms with Crippen LogP contribution in [-0.2, 0) is 24.2 Å². The number of hydrogen-bond donors (Lipinski definition) is 1. The molecule has 0 spiro atoms. The van der Waals surface area contributed by atoms with E-state index in [1.54, 1.807) is 13.3 Å². The lowest BCUT2D eigenvalue weighted by Gasteiger charge is -2.25. The van der Waals surface area contributed by atoms with Gasteiger partial charge in [0, 0.05) is 50.0 Å². The first kappa shape index (κ1) is 16.8. The molecular weight excluding hydrogens is 326 g/mol. The SMILES string of the molecule is COc1cnc2c(n1)CCN(Cc1cnc(NC(C)=O)s1)C(C)C2. The van der Waals surface area contributed by atoms with E-state index in [9.17, 15) is 4.79 Å². The quantitative estimate of drug-likeness (QED) is 0.910. The van der Waals surface area contributed by atoms with Crippen LogP contribution in [-0.4, -0.2) is 45.5 Å². The van der Waals surface area contributed by atoms with Gasteiger partial charge in [-0.25, -0.2) is 9.97 Å². The number of rotatable bonds is 4. The number of ether oxygens (including phenoxy) is 1. The number of hydrogen-bond acceptors (Lipinski definition) is 7. The van der Waals surface area contributed by atoms with Crippen molar-refractivity contribution in [3.8, 4) is 5.88 Å². The number of nitrogens with one attached hydrogen (secondary N) is 1. The molecule has 0 aliphatic carbocycles. The molecule has 8 heteroatoms. The first-order valence-corrected chi connectivity index (χ1v) is 8.72. The van der Waals surface area contributed by atoms with Crippen LogP contribution < -0.4 is 10.1 Å². The monoisotopic (exact) mass is 347 g/mol. The third-order valence-corrected chi connectivity index (χ3v) is 4.96. The maximum atomic E-state index is 11.1. The molecule has 0 saturated carbocycles. The van der Waals surface area contributed by atoms with Crippen molar-refractivity contribution in [1.29, 1.82) is 0 Å². The van der Waals surface area contributed by atoms with Gasteiger partial charge in [-0.05, 0) is 6.92 Å². The van der Waals surface area contributed by atoms with Crippen LogP contribution in [0, 0.1) is 0 Å². The lowest BCUT2D eigenvalue weighted by atomic mass is 10.1. The van der Waals surface area contributed by atoms with E-state index < -0.39 is 0 Å². The van der Waals surface area contributed by atoms with Crippen LogP contribution >= 0.6 is 11.3 Å². The smallest absolute Gasteiger partial charge is 0.232 e. The van der Waals surface area contributed by atoms with Gasteiger partial charge >= 0.3 is 0 Å². The van der Waals surface area contributed by atoms with Gasteiger partial charge in [0.2, 0.25) is 11.8 Å². The Morgan fingerprint density at radius 2 is 2.25 bits per heavy atom. The van der Waals surface area contributed by atoms with Gasteiger partial charge in [-0.2, -0.15) is 0 Å². The summed E-state index contributed by atoms with van der Waals surface area (Å²) < 4.78 is 5.18. The Hall–Kier alpha value is -2.06. The fourth-order valence-corrected chi connectivity index (χ4v) is 3.69. The van der Waals surface area contributed by atoms with Gasteiger partial charge in [0.25, 0.3) is 0 Å². The minimum atomic E-state index is -0.0967. The molecule has 3 rings (SSSR count). The van der Waals surface area contributed by atoms with Crippen molar-refractivity contribution in [2.75, 3.05) is 19.0 Å². The Bertz CT molecular complexity index is 733. The van der Waals surface area contributed by atoms with Gasteiger partial charge < -0.3 is 10.1 Å². The minimum Gasteiger partial charge on any atom is -0.480 e. The maximum Gasteiger partial charge on any atom is 0.232 e. The summed E-state index contributed by atoms with van der Waals surface area (Å²) in [5.74, 6) is 0.470. The average molecular weight is 347 g/mol. The molecular formula is C16H21N5O2S. The second kappa shape index (κ2) is 7.23. The summed E-state index contributed by atoms with van der Waals surface area (Å²) in [6.45, 7) is 5.41. The molecule has 2 aromatic rings. The number of methoxy groups -OCH3 is 1. The molecule has 0 bridgehead atoms. The van der Waals surface area contributed by atoms with Crippen LogP contribution in [0.1, 0.15) is 30.1 Å². The summed E-state index contributed by atoms with van der Waals surface area (Å²) in [6.07, 6.45) is 5.23. The molecule has 0 aromatic carbocycles. The molecule has 128 valence electrons. The third kappa shape index (κ3) is 3.88. The molecule has 1 aliphatic rings. The lowest BCUT2D eigenvalue weighted by molar-refractivity contribution is -0.114. The number of thiazole rings is 1. The van der Waals surface area contributed by atoms with Crippen LogP contribution in [0.3, 0.4) is 0 Å². The van der Waals surface area contributed by atoms with Gasteiger partial charge in [-0.15, -0.1) is 11.3 Å². The third-order valence-electron chi connectivity index (χ3n) is 4.06. The molecule has 0 fully saturated rings. The highest BCUT2D eigenvalue weighted by atomic mass is 32.1. The summed E-state index contributed by atoms with van der Waals surface area (Å²) in [7, 11) is 1.61. The number of carbonyl (C=O) groups is 1. The van der Waals surface area contributed by atoms with Crippen LogP contribution in [0.5, 0.6) is 5.88 Å². The highest BCUT2D eigenvalue weighted by Gasteiger charge is 2.23. The molecule has 2 aromatic heterocycles. The Labute approximate surface area is 145 Å². The predicted octanol–water partition coefficient (Wildman–Crippen LogP) is 1.89. The van der Waals surface area contributed by atoms with Gasteiger partial charge in [-0.1, -0.05) is 0 Å². The topological polar surface area (TPSA) is 80.2 Å². The first-order chi connectivity index (χ1) is 11.5. The van der Waals surface area contributed by atoms with E-state index in [0.717, 1.165) is 42.2 Å². The Kier molecular flexibility index (Phi) is 5.06. The molecule has 3 heterocycles. The summed E-state index contributed by atoms with van der Waals surface area (Å²) in [5, 5.41) is 3.38. The molecule has 1 N–H and O–H groups in total. The largest absolute Gasteiger partial charge is 0.480 e. The first-order valence-electron chi connectivity index (χ1n) is 7.90. The molecule has 1 atom stereocenters. The molecule has 24 heavy (non-hydrogen) atoms. The van der Waals surface area contributed by atoms with Crippen molar-refractivity contribution >= 4 is 22.4 Å². The second-order valence-corrected chi connectivity index (χ2v) is 7.01. The molecule has 0 radical (unpaired) electrons. The van der Waals surface area contributed by atoms with E-state index in [-0.39, 0.29) is 5.91 Å². The van der Waals surface area contributed by atoms with Crippen molar-refractivity contribution in [3.63, 3.8) is 0 Å². The molecule has 1 amide bonds. The summed E-state index contributed by atoms with van der Waals surface area (Å²) in [5.41, 5.74) is 2.07. The summed E-state index contributed by atoms with van der Waals surface area (Å²) in [6, 6.07) is 0.361. The zero-order chi connectivity index (χ0) is 17.1. The van der Waals surface area contributed by atoms with Crippen molar-refractivity contribution in [2.45, 2.75) is 39.3 Å². The number of amides is 1. The fraction of sp³-hybridized carbons (Fsp3) is 0.500. The summed E-state index contributed by atoms with van der Waals surface area (Å²) >= 11 is 1.52. The zero-order valence-electron chi connectivity index (χ0n) is 14.1. The number of nitrogens with zero attached hydrogens (tertiary/aromatic N) is 4. The number of aromatic nitrogens is 3. The van der Waals surface area contributed by atoms with E-state index in [0.29, 0.717) is 17.1 Å². The molecule has 7 nitrogen and oxygen atoms in total. The van der Waals surface area contributed by atoms with E-state index in [2.05, 4.69) is 32.1 Å². The van der Waals surface area contributed by atoms with Crippen molar-refractivity contribution < 1.29 is 9.53 Å². The van der Waals surface area contributed by atoms with Gasteiger partial charge in [0.1, 0.15) is 0 Å². The van der Waals surface area contributed by atoms with E-state index >= 15 is 0 Å². The normalized spacial score (nSPS) is 17.9. The van der Waals surface area contributed by atoms with Crippen molar-refractivity contribution in [1.82, 2.24) is 19.9 Å². The van der Waals surface area contributed by atoms with Gasteiger partial charge in [-0.3, -0.25) is 14.7 Å². The second-order valence-electron chi connectivity index (χ2n) is 5.89. The van der Waals surface area contributed by atoms with Crippen LogP contribution in [0.25, 0.3) is 0 Å². The Balaban J connectivity index is 1.69. The average Bonchev–Trinajstić information content (AvgIpc) is 2.91. The summed E-state index contributed by atoms with van der Waals surface area (Å²) in [4.78, 5) is 27.9. The molecule has 1 unspecified atom stereocenters. The minimum absolute atomic E-state index is 0.0967. The number of carbonyl (C=O) groups excluding carboxylic acids is 1. The van der Waals surface area contributed by atoms with E-state index in [1.165, 1.54) is 18.3 Å². The zero-order valence-corrected chi connectivity index (χ0v) is 14.9. The van der Waals surface area contributed by atoms with Gasteiger partial charge in [0.15, 0.2) is 5.13 Å². The fourth-order valence-electron chi connectivity index (χ4n) is 2.81. The highest BCUT2D eigenvalue weighted by molar-refractivity contribution is 7.15. The lowest BCUT2D eigenvalue weighted by Crippen LogP contribution is -2.33. The van der Waals surface area contributed by atoms with Crippen LogP contribution in [0.2, 0.25) is 0 Å². The molecule has 1 aliphatic heterocycles. The highest BCUT2D eigenvalue weighted by Crippen LogP contribution is 2.24. The molecule has 0 saturated heterocycles. The van der Waals surface area contributed by atoms with E-state index in [1.807, 2.05) is 6.20 Å². The number of anilines is 1. The maximum absolute atomic E-state index is 11.1.